The Balaban J connectivity index is 0.000000160. The summed E-state index contributed by atoms with van der Waals surface area (Å²) in [6, 6.07) is 16.5. The van der Waals surface area contributed by atoms with Gasteiger partial charge in [0.2, 0.25) is 0 Å². The van der Waals surface area contributed by atoms with E-state index in [-0.39, 0.29) is 30.6 Å². The van der Waals surface area contributed by atoms with Crippen molar-refractivity contribution in [1.82, 2.24) is 4.90 Å². The van der Waals surface area contributed by atoms with E-state index in [0.717, 1.165) is 63.1 Å². The fourth-order valence-corrected chi connectivity index (χ4v) is 6.12. The molecule has 3 heterocycles. The number of rotatable bonds is 0. The highest BCUT2D eigenvalue weighted by Gasteiger charge is 2.44. The van der Waals surface area contributed by atoms with Gasteiger partial charge in [-0.1, -0.05) is 62.9 Å². The lowest BCUT2D eigenvalue weighted by Gasteiger charge is -2.43. The summed E-state index contributed by atoms with van der Waals surface area (Å²) < 4.78 is 11.5. The van der Waals surface area contributed by atoms with Gasteiger partial charge >= 0.3 is 11.9 Å². The molecule has 1 saturated heterocycles. The Morgan fingerprint density at radius 1 is 0.743 bits per heavy atom. The highest BCUT2D eigenvalue weighted by atomic mass is 16.6. The highest BCUT2D eigenvalue weighted by molar-refractivity contribution is 5.76. The van der Waals surface area contributed by atoms with Gasteiger partial charge in [-0.15, -0.1) is 0 Å². The van der Waals surface area contributed by atoms with Crippen LogP contribution in [-0.4, -0.2) is 37.0 Å². The minimum atomic E-state index is -0.349. The van der Waals surface area contributed by atoms with Crippen molar-refractivity contribution < 1.29 is 19.1 Å². The summed E-state index contributed by atoms with van der Waals surface area (Å²) in [5.41, 5.74) is 4.14. The predicted molar refractivity (Wildman–Crippen MR) is 137 cm³/mol. The van der Waals surface area contributed by atoms with E-state index in [4.69, 9.17) is 9.47 Å². The molecule has 0 N–H and O–H groups in total. The monoisotopic (exact) mass is 477 g/mol. The standard InChI is InChI=1S/C15H18O2.C14H17NO2.CH4/c1-11-6-8-15(9-7-11)13-5-3-2-4-12(13)10-14(16)17-15;1-15-8-6-14(7-9-15)12-5-3-2-4-11(12)10-13(16)17-14;/h2-5,11H,6-10H2,1H3;2-5H,6-10H2,1H3;1H4. The zero-order valence-corrected chi connectivity index (χ0v) is 20.3. The van der Waals surface area contributed by atoms with Gasteiger partial charge < -0.3 is 14.4 Å². The molecule has 1 aliphatic carbocycles. The largest absolute Gasteiger partial charge is 0.454 e. The van der Waals surface area contributed by atoms with Crippen molar-refractivity contribution in [1.29, 1.82) is 0 Å². The summed E-state index contributed by atoms with van der Waals surface area (Å²) in [6.45, 7) is 4.26. The van der Waals surface area contributed by atoms with Crippen LogP contribution in [0.25, 0.3) is 0 Å². The van der Waals surface area contributed by atoms with E-state index >= 15 is 0 Å². The summed E-state index contributed by atoms with van der Waals surface area (Å²) in [7, 11) is 2.11. The number of nitrogens with zero attached hydrogens (tertiary/aromatic N) is 1. The third-order valence-corrected chi connectivity index (χ3v) is 8.18. The molecular weight excluding hydrogens is 438 g/mol. The summed E-state index contributed by atoms with van der Waals surface area (Å²) in [4.78, 5) is 25.8. The topological polar surface area (TPSA) is 55.8 Å². The Bertz CT molecular complexity index is 976. The number of fused-ring (bicyclic) bond motifs is 4. The molecule has 2 aromatic rings. The van der Waals surface area contributed by atoms with E-state index in [0.29, 0.717) is 12.8 Å². The number of ether oxygens (including phenoxy) is 2. The van der Waals surface area contributed by atoms with E-state index in [9.17, 15) is 9.59 Å². The van der Waals surface area contributed by atoms with E-state index in [1.165, 1.54) is 16.7 Å². The average molecular weight is 478 g/mol. The third-order valence-electron chi connectivity index (χ3n) is 8.18. The first-order valence-electron chi connectivity index (χ1n) is 12.7. The molecule has 0 atom stereocenters. The van der Waals surface area contributed by atoms with Crippen LogP contribution in [0.5, 0.6) is 0 Å². The number of carbonyl (C=O) groups excluding carboxylic acids is 2. The molecule has 0 radical (unpaired) electrons. The summed E-state index contributed by atoms with van der Waals surface area (Å²) in [5.74, 6) is 0.625. The van der Waals surface area contributed by atoms with Crippen LogP contribution in [0.15, 0.2) is 48.5 Å². The van der Waals surface area contributed by atoms with Crippen molar-refractivity contribution in [2.45, 2.75) is 76.9 Å². The van der Waals surface area contributed by atoms with Crippen molar-refractivity contribution in [3.8, 4) is 0 Å². The summed E-state index contributed by atoms with van der Waals surface area (Å²) in [6.07, 6.45) is 6.96. The second-order valence-electron chi connectivity index (χ2n) is 10.6. The lowest BCUT2D eigenvalue weighted by Crippen LogP contribution is -2.46. The van der Waals surface area contributed by atoms with E-state index in [2.05, 4.69) is 49.2 Å². The number of likely N-dealkylation sites (tertiary alicyclic amines) is 1. The highest BCUT2D eigenvalue weighted by Crippen LogP contribution is 2.46. The maximum absolute atomic E-state index is 11.8. The molecule has 2 fully saturated rings. The zero-order valence-electron chi connectivity index (χ0n) is 20.3. The number of esters is 2. The minimum absolute atomic E-state index is 0. The van der Waals surface area contributed by atoms with Gasteiger partial charge in [-0.25, -0.2) is 0 Å². The van der Waals surface area contributed by atoms with Gasteiger partial charge in [0.05, 0.1) is 12.8 Å². The van der Waals surface area contributed by atoms with Gasteiger partial charge in [0.15, 0.2) is 0 Å². The molecular formula is C30H39NO4. The second-order valence-corrected chi connectivity index (χ2v) is 10.6. The molecule has 0 unspecified atom stereocenters. The van der Waals surface area contributed by atoms with Crippen molar-refractivity contribution in [2.24, 2.45) is 5.92 Å². The van der Waals surface area contributed by atoms with Crippen LogP contribution in [-0.2, 0) is 43.1 Å². The van der Waals surface area contributed by atoms with E-state index < -0.39 is 0 Å². The van der Waals surface area contributed by atoms with Gasteiger partial charge in [-0.3, -0.25) is 9.59 Å². The number of piperidine rings is 1. The van der Waals surface area contributed by atoms with E-state index in [1.54, 1.807) is 0 Å². The van der Waals surface area contributed by atoms with Crippen molar-refractivity contribution in [3.05, 3.63) is 70.8 Å². The average Bonchev–Trinajstić information content (AvgIpc) is 2.83. The molecule has 2 aromatic carbocycles. The van der Waals surface area contributed by atoms with Crippen LogP contribution in [0, 0.1) is 5.92 Å². The lowest BCUT2D eigenvalue weighted by molar-refractivity contribution is -0.169. The van der Waals surface area contributed by atoms with Gasteiger partial charge in [0.25, 0.3) is 0 Å². The Hall–Kier alpha value is -2.66. The molecule has 6 rings (SSSR count). The molecule has 0 aromatic heterocycles. The predicted octanol–water partition coefficient (Wildman–Crippen LogP) is 5.53. The third kappa shape index (κ3) is 5.02. The maximum atomic E-state index is 11.8. The Kier molecular flexibility index (Phi) is 7.37. The van der Waals surface area contributed by atoms with Gasteiger partial charge in [0, 0.05) is 25.9 Å². The number of carbonyl (C=O) groups is 2. The van der Waals surface area contributed by atoms with Gasteiger partial charge in [-0.05, 0) is 60.9 Å². The number of benzene rings is 2. The van der Waals surface area contributed by atoms with Crippen LogP contribution in [0.4, 0.5) is 0 Å². The maximum Gasteiger partial charge on any atom is 0.311 e. The van der Waals surface area contributed by atoms with E-state index in [1.807, 2.05) is 18.2 Å². The Labute approximate surface area is 209 Å². The van der Waals surface area contributed by atoms with Crippen LogP contribution in [0.1, 0.15) is 75.1 Å². The van der Waals surface area contributed by atoms with Crippen molar-refractivity contribution in [2.75, 3.05) is 20.1 Å². The first-order valence-corrected chi connectivity index (χ1v) is 12.7. The quantitative estimate of drug-likeness (QED) is 0.467. The molecule has 188 valence electrons. The minimum Gasteiger partial charge on any atom is -0.454 e. The van der Waals surface area contributed by atoms with Gasteiger partial charge in [-0.2, -0.15) is 0 Å². The molecule has 4 aliphatic rings. The first kappa shape index (κ1) is 25.4. The Morgan fingerprint density at radius 2 is 1.17 bits per heavy atom. The number of hydrogen-bond donors (Lipinski definition) is 0. The van der Waals surface area contributed by atoms with Gasteiger partial charge in [0.1, 0.15) is 11.2 Å². The first-order chi connectivity index (χ1) is 16.4. The molecule has 35 heavy (non-hydrogen) atoms. The zero-order chi connectivity index (χ0) is 23.8. The molecule has 5 heteroatoms. The smallest absolute Gasteiger partial charge is 0.311 e. The van der Waals surface area contributed by atoms with Crippen LogP contribution >= 0.6 is 0 Å². The molecule has 1 saturated carbocycles. The molecule has 0 bridgehead atoms. The fraction of sp³-hybridized carbons (Fsp3) is 0.533. The fourth-order valence-electron chi connectivity index (χ4n) is 6.12. The van der Waals surface area contributed by atoms with Crippen LogP contribution < -0.4 is 0 Å². The summed E-state index contributed by atoms with van der Waals surface area (Å²) in [5, 5.41) is 0. The lowest BCUT2D eigenvalue weighted by atomic mass is 9.73. The molecule has 3 aliphatic heterocycles. The van der Waals surface area contributed by atoms with Crippen LogP contribution in [0.2, 0.25) is 0 Å². The molecule has 2 spiro atoms. The second kappa shape index (κ2) is 10.1. The number of hydrogen-bond acceptors (Lipinski definition) is 5. The normalized spacial score (nSPS) is 26.9. The summed E-state index contributed by atoms with van der Waals surface area (Å²) >= 11 is 0. The van der Waals surface area contributed by atoms with Crippen molar-refractivity contribution in [3.63, 3.8) is 0 Å². The molecule has 5 nitrogen and oxygen atoms in total. The SMILES string of the molecule is C.CC1CCC2(CC1)OC(=O)Cc1ccccc12.CN1CCC2(CC1)OC(=O)Cc1ccccc12. The molecule has 0 amide bonds. The van der Waals surface area contributed by atoms with Crippen LogP contribution in [0.3, 0.4) is 0 Å². The Morgan fingerprint density at radius 3 is 1.66 bits per heavy atom. The van der Waals surface area contributed by atoms with Crippen molar-refractivity contribution >= 4 is 11.9 Å².